The van der Waals surface area contributed by atoms with Crippen LogP contribution in [-0.2, 0) is 0 Å². The fourth-order valence-corrected chi connectivity index (χ4v) is 4.15. The number of carbonyl (C=O) groups excluding carboxylic acids is 2. The summed E-state index contributed by atoms with van der Waals surface area (Å²) in [5, 5.41) is 6.57. The second-order valence-corrected chi connectivity index (χ2v) is 8.65. The van der Waals surface area contributed by atoms with E-state index in [0.717, 1.165) is 42.1 Å². The van der Waals surface area contributed by atoms with E-state index in [1.165, 1.54) is 11.8 Å². The molecular formula is C24H32N4O3S. The number of thioether (sulfide) groups is 1. The number of nitrogens with one attached hydrogen (secondary N) is 2. The number of benzene rings is 1. The summed E-state index contributed by atoms with van der Waals surface area (Å²) in [4.78, 5) is 31.3. The van der Waals surface area contributed by atoms with Crippen LogP contribution in [0.25, 0.3) is 0 Å². The second kappa shape index (κ2) is 12.3. The number of hydrogen-bond donors (Lipinski definition) is 2. The van der Waals surface area contributed by atoms with E-state index in [1.54, 1.807) is 12.3 Å². The van der Waals surface area contributed by atoms with Crippen LogP contribution in [0.3, 0.4) is 0 Å². The number of aromatic nitrogens is 1. The molecule has 1 aromatic carbocycles. The minimum atomic E-state index is -0.219. The zero-order chi connectivity index (χ0) is 22.8. The van der Waals surface area contributed by atoms with Crippen molar-refractivity contribution in [3.05, 3.63) is 48.2 Å². The van der Waals surface area contributed by atoms with Crippen molar-refractivity contribution in [2.45, 2.75) is 37.6 Å². The minimum absolute atomic E-state index is 0.0359. The maximum atomic E-state index is 12.8. The van der Waals surface area contributed by atoms with Gasteiger partial charge in [0.15, 0.2) is 0 Å². The van der Waals surface area contributed by atoms with Crippen LogP contribution in [-0.4, -0.2) is 54.3 Å². The molecule has 2 N–H and O–H groups in total. The van der Waals surface area contributed by atoms with Gasteiger partial charge in [-0.15, -0.1) is 11.8 Å². The van der Waals surface area contributed by atoms with Gasteiger partial charge in [0.2, 0.25) is 0 Å². The molecule has 0 unspecified atom stereocenters. The van der Waals surface area contributed by atoms with Gasteiger partial charge in [0.1, 0.15) is 10.8 Å². The van der Waals surface area contributed by atoms with E-state index in [2.05, 4.69) is 22.5 Å². The molecule has 0 spiro atoms. The predicted molar refractivity (Wildman–Crippen MR) is 129 cm³/mol. The molecule has 0 saturated carbocycles. The third-order valence-electron chi connectivity index (χ3n) is 5.53. The van der Waals surface area contributed by atoms with Crippen LogP contribution in [0.5, 0.6) is 5.75 Å². The smallest absolute Gasteiger partial charge is 0.319 e. The molecule has 1 fully saturated rings. The van der Waals surface area contributed by atoms with Crippen LogP contribution in [0.4, 0.5) is 10.5 Å². The van der Waals surface area contributed by atoms with Gasteiger partial charge in [0.05, 0.1) is 12.2 Å². The quantitative estimate of drug-likeness (QED) is 0.424. The molecule has 172 valence electrons. The number of piperidine rings is 1. The minimum Gasteiger partial charge on any atom is -0.494 e. The summed E-state index contributed by atoms with van der Waals surface area (Å²) in [6.45, 7) is 4.80. The molecule has 0 bridgehead atoms. The molecular weight excluding hydrogens is 424 g/mol. The van der Waals surface area contributed by atoms with Gasteiger partial charge >= 0.3 is 6.03 Å². The molecule has 0 atom stereocenters. The van der Waals surface area contributed by atoms with Crippen LogP contribution in [0.2, 0.25) is 0 Å². The number of rotatable bonds is 9. The largest absolute Gasteiger partial charge is 0.494 e. The van der Waals surface area contributed by atoms with Crippen LogP contribution >= 0.6 is 11.8 Å². The van der Waals surface area contributed by atoms with E-state index in [-0.39, 0.29) is 11.9 Å². The van der Waals surface area contributed by atoms with Gasteiger partial charge < -0.3 is 20.3 Å². The first kappa shape index (κ1) is 23.9. The Morgan fingerprint density at radius 1 is 1.19 bits per heavy atom. The number of hydrogen-bond acceptors (Lipinski definition) is 5. The van der Waals surface area contributed by atoms with Crippen molar-refractivity contribution in [2.24, 2.45) is 5.92 Å². The average molecular weight is 457 g/mol. The number of unbranched alkanes of at least 4 members (excludes halogenated alkanes) is 1. The molecule has 3 amide bonds. The average Bonchev–Trinajstić information content (AvgIpc) is 2.84. The Morgan fingerprint density at radius 2 is 1.94 bits per heavy atom. The summed E-state index contributed by atoms with van der Waals surface area (Å²) in [6, 6.07) is 10.8. The third kappa shape index (κ3) is 6.88. The van der Waals surface area contributed by atoms with E-state index in [4.69, 9.17) is 4.74 Å². The molecule has 7 nitrogen and oxygen atoms in total. The van der Waals surface area contributed by atoms with E-state index in [1.807, 2.05) is 41.5 Å². The monoisotopic (exact) mass is 456 g/mol. The molecule has 2 heterocycles. The van der Waals surface area contributed by atoms with Gasteiger partial charge in [0, 0.05) is 31.5 Å². The first-order valence-corrected chi connectivity index (χ1v) is 12.4. The molecule has 1 aromatic heterocycles. The SMILES string of the molecule is CCCCOc1ccc(NC(=O)NCC2CCN(C(=O)c3cccnc3SC)CC2)cc1. The van der Waals surface area contributed by atoms with Gasteiger partial charge in [-0.2, -0.15) is 0 Å². The highest BCUT2D eigenvalue weighted by atomic mass is 32.2. The number of anilines is 1. The molecule has 32 heavy (non-hydrogen) atoms. The summed E-state index contributed by atoms with van der Waals surface area (Å²) < 4.78 is 5.64. The fourth-order valence-electron chi connectivity index (χ4n) is 3.61. The Labute approximate surface area is 194 Å². The van der Waals surface area contributed by atoms with Gasteiger partial charge in [-0.25, -0.2) is 9.78 Å². The summed E-state index contributed by atoms with van der Waals surface area (Å²) in [6.07, 6.45) is 7.49. The Bertz CT molecular complexity index is 883. The number of pyridine rings is 1. The summed E-state index contributed by atoms with van der Waals surface area (Å²) in [5.74, 6) is 1.20. The van der Waals surface area contributed by atoms with Crippen molar-refractivity contribution in [1.82, 2.24) is 15.2 Å². The number of carbonyl (C=O) groups is 2. The first-order valence-electron chi connectivity index (χ1n) is 11.2. The highest BCUT2D eigenvalue weighted by molar-refractivity contribution is 7.98. The zero-order valence-electron chi connectivity index (χ0n) is 18.8. The Hall–Kier alpha value is -2.74. The lowest BCUT2D eigenvalue weighted by Gasteiger charge is -2.32. The summed E-state index contributed by atoms with van der Waals surface area (Å²) in [7, 11) is 0. The third-order valence-corrected chi connectivity index (χ3v) is 6.24. The molecule has 1 aliphatic rings. The Kier molecular flexibility index (Phi) is 9.22. The fraction of sp³-hybridized carbons (Fsp3) is 0.458. The molecule has 2 aromatic rings. The van der Waals surface area contributed by atoms with Crippen LogP contribution in [0, 0.1) is 5.92 Å². The standard InChI is InChI=1S/C24H32N4O3S/c1-3-4-16-31-20-9-7-19(8-10-20)27-24(30)26-17-18-11-14-28(15-12-18)23(29)21-6-5-13-25-22(21)32-2/h5-10,13,18H,3-4,11-12,14-17H2,1-2H3,(H2,26,27,30). The Balaban J connectivity index is 1.39. The van der Waals surface area contributed by atoms with Crippen molar-refractivity contribution in [3.8, 4) is 5.75 Å². The normalized spacial score (nSPS) is 14.1. The maximum absolute atomic E-state index is 12.8. The molecule has 8 heteroatoms. The summed E-state index contributed by atoms with van der Waals surface area (Å²) in [5.41, 5.74) is 1.39. The lowest BCUT2D eigenvalue weighted by atomic mass is 9.96. The number of urea groups is 1. The molecule has 3 rings (SSSR count). The van der Waals surface area contributed by atoms with Crippen LogP contribution in [0.1, 0.15) is 43.0 Å². The van der Waals surface area contributed by atoms with Gasteiger partial charge in [-0.1, -0.05) is 13.3 Å². The van der Waals surface area contributed by atoms with Crippen molar-refractivity contribution < 1.29 is 14.3 Å². The molecule has 0 aliphatic carbocycles. The van der Waals surface area contributed by atoms with Crippen molar-refractivity contribution >= 4 is 29.4 Å². The van der Waals surface area contributed by atoms with Crippen LogP contribution in [0.15, 0.2) is 47.6 Å². The van der Waals surface area contributed by atoms with E-state index in [0.29, 0.717) is 37.7 Å². The number of likely N-dealkylation sites (tertiary alicyclic amines) is 1. The topological polar surface area (TPSA) is 83.6 Å². The maximum Gasteiger partial charge on any atom is 0.319 e. The van der Waals surface area contributed by atoms with Crippen molar-refractivity contribution in [1.29, 1.82) is 0 Å². The molecule has 0 radical (unpaired) electrons. The predicted octanol–water partition coefficient (Wildman–Crippen LogP) is 4.66. The lowest BCUT2D eigenvalue weighted by Crippen LogP contribution is -2.42. The highest BCUT2D eigenvalue weighted by Gasteiger charge is 2.25. The number of ether oxygens (including phenoxy) is 1. The van der Waals surface area contributed by atoms with E-state index < -0.39 is 0 Å². The molecule has 1 aliphatic heterocycles. The van der Waals surface area contributed by atoms with Gasteiger partial charge in [0.25, 0.3) is 5.91 Å². The van der Waals surface area contributed by atoms with Gasteiger partial charge in [-0.3, -0.25) is 4.79 Å². The van der Waals surface area contributed by atoms with E-state index in [9.17, 15) is 9.59 Å². The molecule has 1 saturated heterocycles. The zero-order valence-corrected chi connectivity index (χ0v) is 19.6. The first-order chi connectivity index (χ1) is 15.6. The van der Waals surface area contributed by atoms with Crippen molar-refractivity contribution in [3.63, 3.8) is 0 Å². The summed E-state index contributed by atoms with van der Waals surface area (Å²) >= 11 is 1.49. The van der Waals surface area contributed by atoms with Crippen LogP contribution < -0.4 is 15.4 Å². The highest BCUT2D eigenvalue weighted by Crippen LogP contribution is 2.23. The van der Waals surface area contributed by atoms with Gasteiger partial charge in [-0.05, 0) is 67.8 Å². The lowest BCUT2D eigenvalue weighted by molar-refractivity contribution is 0.0686. The number of nitrogens with zero attached hydrogens (tertiary/aromatic N) is 2. The number of amides is 3. The second-order valence-electron chi connectivity index (χ2n) is 7.86. The Morgan fingerprint density at radius 3 is 2.62 bits per heavy atom. The van der Waals surface area contributed by atoms with E-state index >= 15 is 0 Å². The van der Waals surface area contributed by atoms with Crippen molar-refractivity contribution in [2.75, 3.05) is 37.8 Å².